The quantitative estimate of drug-likeness (QED) is 0.703. The van der Waals surface area contributed by atoms with Crippen LogP contribution in [0.5, 0.6) is 0 Å². The molecule has 0 aromatic heterocycles. The van der Waals surface area contributed by atoms with Crippen molar-refractivity contribution in [2.24, 2.45) is 0 Å². The lowest BCUT2D eigenvalue weighted by Crippen LogP contribution is -2.36. The van der Waals surface area contributed by atoms with Crippen LogP contribution in [0.2, 0.25) is 0 Å². The Hall–Kier alpha value is -0.383. The molecular weight excluding hydrogens is 217 g/mol. The van der Waals surface area contributed by atoms with Gasteiger partial charge in [0.2, 0.25) is 0 Å². The number of halogens is 2. The van der Waals surface area contributed by atoms with Gasteiger partial charge in [-0.2, -0.15) is 0 Å². The van der Waals surface area contributed by atoms with E-state index in [4.69, 9.17) is 0 Å². The molecule has 4 heteroatoms. The van der Waals surface area contributed by atoms with E-state index in [0.717, 1.165) is 16.0 Å². The van der Waals surface area contributed by atoms with Crippen LogP contribution in [0, 0.1) is 5.82 Å². The number of hydrogen-bond donors (Lipinski definition) is 0. The number of benzene rings is 1. The minimum absolute atomic E-state index is 0. The van der Waals surface area contributed by atoms with Gasteiger partial charge in [0.15, 0.2) is 0 Å². The molecule has 0 unspecified atom stereocenters. The third-order valence-electron chi connectivity index (χ3n) is 2.65. The van der Waals surface area contributed by atoms with Crippen molar-refractivity contribution in [2.75, 3.05) is 7.05 Å². The van der Waals surface area contributed by atoms with Crippen LogP contribution in [0.25, 0.3) is 0 Å². The molecule has 0 radical (unpaired) electrons. The Morgan fingerprint density at radius 3 is 2.36 bits per heavy atom. The SMILES string of the molecule is CN([SiH3])C(C)(C)c1cccc(F)c1.Cl. The standard InChI is InChI=1S/C10H16FNSi.ClH/c1-10(2,12(3)13)8-5-4-6-9(11)7-8;/h4-7H,1-3,13H3;1H. The van der Waals surface area contributed by atoms with Gasteiger partial charge >= 0.3 is 0 Å². The van der Waals surface area contributed by atoms with Gasteiger partial charge in [-0.05, 0) is 38.6 Å². The lowest BCUT2D eigenvalue weighted by atomic mass is 9.94. The van der Waals surface area contributed by atoms with Crippen molar-refractivity contribution >= 4 is 22.8 Å². The molecule has 0 spiro atoms. The molecule has 14 heavy (non-hydrogen) atoms. The topological polar surface area (TPSA) is 3.24 Å². The first-order valence-corrected chi connectivity index (χ1v) is 5.27. The molecular formula is C10H17ClFNSi. The molecule has 0 N–H and O–H groups in total. The van der Waals surface area contributed by atoms with Gasteiger partial charge in [0, 0.05) is 5.54 Å². The van der Waals surface area contributed by atoms with E-state index >= 15 is 0 Å². The molecule has 0 fully saturated rings. The van der Waals surface area contributed by atoms with Gasteiger partial charge in [0.25, 0.3) is 0 Å². The van der Waals surface area contributed by atoms with Crippen LogP contribution in [-0.2, 0) is 5.54 Å². The molecule has 80 valence electrons. The number of nitrogens with zero attached hydrogens (tertiary/aromatic N) is 1. The van der Waals surface area contributed by atoms with Gasteiger partial charge < -0.3 is 4.57 Å². The Morgan fingerprint density at radius 2 is 1.93 bits per heavy atom. The van der Waals surface area contributed by atoms with Crippen LogP contribution >= 0.6 is 12.4 Å². The summed E-state index contributed by atoms with van der Waals surface area (Å²) in [6.07, 6.45) is 0. The van der Waals surface area contributed by atoms with Crippen molar-refractivity contribution in [2.45, 2.75) is 19.4 Å². The van der Waals surface area contributed by atoms with E-state index in [1.165, 1.54) is 6.07 Å². The first-order valence-electron chi connectivity index (χ1n) is 4.38. The molecule has 1 rings (SSSR count). The fourth-order valence-corrected chi connectivity index (χ4v) is 1.39. The summed E-state index contributed by atoms with van der Waals surface area (Å²) in [7, 11) is 3.02. The maximum Gasteiger partial charge on any atom is 0.123 e. The lowest BCUT2D eigenvalue weighted by Gasteiger charge is -2.33. The maximum absolute atomic E-state index is 13.0. The van der Waals surface area contributed by atoms with E-state index in [1.807, 2.05) is 6.07 Å². The highest BCUT2D eigenvalue weighted by Gasteiger charge is 2.22. The molecule has 0 amide bonds. The summed E-state index contributed by atoms with van der Waals surface area (Å²) in [5.41, 5.74) is 0.971. The predicted molar refractivity (Wildman–Crippen MR) is 64.4 cm³/mol. The van der Waals surface area contributed by atoms with E-state index < -0.39 is 0 Å². The Balaban J connectivity index is 0.00000169. The smallest absolute Gasteiger partial charge is 0.123 e. The van der Waals surface area contributed by atoms with Crippen LogP contribution < -0.4 is 0 Å². The van der Waals surface area contributed by atoms with Crippen molar-refractivity contribution in [3.8, 4) is 0 Å². The normalized spacial score (nSPS) is 11.5. The summed E-state index contributed by atoms with van der Waals surface area (Å²) in [6.45, 7) is 4.21. The highest BCUT2D eigenvalue weighted by molar-refractivity contribution is 6.04. The highest BCUT2D eigenvalue weighted by atomic mass is 35.5. The molecule has 1 nitrogen and oxygen atoms in total. The average Bonchev–Trinajstić information content (AvgIpc) is 2.04. The largest absolute Gasteiger partial charge is 0.327 e. The predicted octanol–water partition coefficient (Wildman–Crippen LogP) is 1.69. The molecule has 0 aliphatic rings. The van der Waals surface area contributed by atoms with Crippen molar-refractivity contribution in [1.82, 2.24) is 4.57 Å². The van der Waals surface area contributed by atoms with Crippen molar-refractivity contribution < 1.29 is 4.39 Å². The third-order valence-corrected chi connectivity index (χ3v) is 3.77. The van der Waals surface area contributed by atoms with E-state index in [1.54, 1.807) is 12.1 Å². The Labute approximate surface area is 94.2 Å². The van der Waals surface area contributed by atoms with Crippen LogP contribution in [0.15, 0.2) is 24.3 Å². The van der Waals surface area contributed by atoms with Gasteiger partial charge in [-0.25, -0.2) is 4.39 Å². The van der Waals surface area contributed by atoms with Crippen molar-refractivity contribution in [3.05, 3.63) is 35.6 Å². The molecule has 1 aromatic rings. The second-order valence-electron chi connectivity index (χ2n) is 3.96. The molecule has 0 bridgehead atoms. The zero-order chi connectivity index (χ0) is 10.1. The van der Waals surface area contributed by atoms with Gasteiger partial charge in [0.05, 0.1) is 10.4 Å². The number of hydrogen-bond acceptors (Lipinski definition) is 1. The van der Waals surface area contributed by atoms with Crippen LogP contribution in [0.1, 0.15) is 19.4 Å². The summed E-state index contributed by atoms with van der Waals surface area (Å²) in [5.74, 6) is -0.158. The first kappa shape index (κ1) is 13.6. The molecule has 1 aromatic carbocycles. The molecule has 0 atom stereocenters. The Bertz CT molecular complexity index is 302. The van der Waals surface area contributed by atoms with E-state index in [2.05, 4.69) is 25.5 Å². The highest BCUT2D eigenvalue weighted by Crippen LogP contribution is 2.24. The molecule has 0 aliphatic carbocycles. The summed E-state index contributed by atoms with van der Waals surface area (Å²) in [6, 6.07) is 6.82. The second kappa shape index (κ2) is 4.91. The third kappa shape index (κ3) is 2.80. The van der Waals surface area contributed by atoms with Gasteiger partial charge in [-0.1, -0.05) is 12.1 Å². The first-order chi connectivity index (χ1) is 5.94. The maximum atomic E-state index is 13.0. The summed E-state index contributed by atoms with van der Waals surface area (Å²) in [5, 5.41) is 0. The Morgan fingerprint density at radius 1 is 1.36 bits per heavy atom. The fraction of sp³-hybridized carbons (Fsp3) is 0.400. The van der Waals surface area contributed by atoms with Gasteiger partial charge in [0.1, 0.15) is 5.82 Å². The average molecular weight is 234 g/mol. The molecule has 0 saturated carbocycles. The van der Waals surface area contributed by atoms with E-state index in [9.17, 15) is 4.39 Å². The zero-order valence-electron chi connectivity index (χ0n) is 9.04. The van der Waals surface area contributed by atoms with Gasteiger partial charge in [-0.3, -0.25) is 0 Å². The second-order valence-corrected chi connectivity index (χ2v) is 5.31. The van der Waals surface area contributed by atoms with Crippen molar-refractivity contribution in [1.29, 1.82) is 0 Å². The zero-order valence-corrected chi connectivity index (χ0v) is 11.9. The van der Waals surface area contributed by atoms with E-state index in [-0.39, 0.29) is 23.8 Å². The minimum Gasteiger partial charge on any atom is -0.327 e. The fourth-order valence-electron chi connectivity index (χ4n) is 1.13. The van der Waals surface area contributed by atoms with E-state index in [0.29, 0.717) is 0 Å². The molecule has 0 aliphatic heterocycles. The summed E-state index contributed by atoms with van der Waals surface area (Å²) in [4.78, 5) is 0. The minimum atomic E-state index is -0.158. The monoisotopic (exact) mass is 233 g/mol. The molecule has 0 saturated heterocycles. The van der Waals surface area contributed by atoms with Gasteiger partial charge in [-0.15, -0.1) is 12.4 Å². The summed E-state index contributed by atoms with van der Waals surface area (Å²) >= 11 is 0. The van der Waals surface area contributed by atoms with Crippen molar-refractivity contribution in [3.63, 3.8) is 0 Å². The van der Waals surface area contributed by atoms with Crippen LogP contribution in [0.3, 0.4) is 0 Å². The lowest BCUT2D eigenvalue weighted by molar-refractivity contribution is 0.282. The Kier molecular flexibility index (Phi) is 4.78. The van der Waals surface area contributed by atoms with Crippen LogP contribution in [0.4, 0.5) is 4.39 Å². The number of rotatable bonds is 2. The molecule has 0 heterocycles. The van der Waals surface area contributed by atoms with Crippen LogP contribution in [-0.4, -0.2) is 22.0 Å². The summed E-state index contributed by atoms with van der Waals surface area (Å²) < 4.78 is 15.2.